The summed E-state index contributed by atoms with van der Waals surface area (Å²) in [5.74, 6) is 0.585. The van der Waals surface area contributed by atoms with Gasteiger partial charge in [-0.25, -0.2) is 9.59 Å². The van der Waals surface area contributed by atoms with Crippen molar-refractivity contribution in [2.24, 2.45) is 0 Å². The third-order valence-electron chi connectivity index (χ3n) is 6.02. The van der Waals surface area contributed by atoms with Crippen molar-refractivity contribution in [3.05, 3.63) is 89.0 Å². The van der Waals surface area contributed by atoms with E-state index in [0.717, 1.165) is 22.3 Å². The monoisotopic (exact) mass is 468 g/mol. The molecule has 1 atom stereocenters. The molecule has 1 aliphatic carbocycles. The number of ether oxygens (including phenoxy) is 1. The van der Waals surface area contributed by atoms with Gasteiger partial charge in [0.05, 0.1) is 5.56 Å². The maximum absolute atomic E-state index is 12.8. The van der Waals surface area contributed by atoms with E-state index in [-0.39, 0.29) is 24.5 Å². The second kappa shape index (κ2) is 10.1. The fourth-order valence-electron chi connectivity index (χ4n) is 4.22. The Balaban J connectivity index is 1.43. The van der Waals surface area contributed by atoms with Crippen LogP contribution in [0.4, 0.5) is 10.5 Å². The summed E-state index contributed by atoms with van der Waals surface area (Å²) in [6.45, 7) is 1.83. The number of anilines is 1. The Kier molecular flexibility index (Phi) is 6.83. The molecule has 3 N–H and O–H groups in total. The number of hydrogen-bond acceptors (Lipinski definition) is 4. The molecule has 2 amide bonds. The van der Waals surface area contributed by atoms with Gasteiger partial charge in [-0.3, -0.25) is 4.79 Å². The Morgan fingerprint density at radius 3 is 2.26 bits per heavy atom. The van der Waals surface area contributed by atoms with Crippen LogP contribution in [0, 0.1) is 19.3 Å². The summed E-state index contributed by atoms with van der Waals surface area (Å²) in [7, 11) is 0. The molecule has 0 aromatic heterocycles. The van der Waals surface area contributed by atoms with E-state index in [9.17, 15) is 19.5 Å². The van der Waals surface area contributed by atoms with Gasteiger partial charge in [-0.05, 0) is 46.9 Å². The van der Waals surface area contributed by atoms with Crippen molar-refractivity contribution in [3.63, 3.8) is 0 Å². The van der Waals surface area contributed by atoms with Gasteiger partial charge in [0.25, 0.3) is 0 Å². The minimum atomic E-state index is -1.11. The van der Waals surface area contributed by atoms with Gasteiger partial charge in [0.15, 0.2) is 0 Å². The van der Waals surface area contributed by atoms with Crippen molar-refractivity contribution in [1.29, 1.82) is 0 Å². The van der Waals surface area contributed by atoms with E-state index in [4.69, 9.17) is 11.2 Å². The maximum atomic E-state index is 12.8. The standard InChI is InChI=1S/C28H24N2O5/c1-3-8-24(26(31)29-25-15-18(27(32)33)14-13-17(25)2)30-28(34)35-16-23-21-11-6-4-9-19(21)20-10-5-7-12-22(20)23/h1,4-7,9-15,23-24H,8,16H2,2H3,(H,29,31)(H,30,34)(H,32,33). The van der Waals surface area contributed by atoms with Gasteiger partial charge < -0.3 is 20.5 Å². The normalized spacial score (nSPS) is 12.6. The predicted molar refractivity (Wildman–Crippen MR) is 132 cm³/mol. The molecule has 7 heteroatoms. The minimum absolute atomic E-state index is 0.0314. The molecule has 0 heterocycles. The number of carboxylic acid groups (broad SMARTS) is 1. The number of carboxylic acids is 1. The number of alkyl carbamates (subject to hydrolysis) is 1. The van der Waals surface area contributed by atoms with Gasteiger partial charge in [-0.15, -0.1) is 12.3 Å². The smallest absolute Gasteiger partial charge is 0.407 e. The van der Waals surface area contributed by atoms with Gasteiger partial charge in [0, 0.05) is 18.0 Å². The second-order valence-corrected chi connectivity index (χ2v) is 8.25. The highest BCUT2D eigenvalue weighted by molar-refractivity contribution is 5.98. The lowest BCUT2D eigenvalue weighted by molar-refractivity contribution is -0.118. The van der Waals surface area contributed by atoms with Gasteiger partial charge in [-0.1, -0.05) is 54.6 Å². The summed E-state index contributed by atoms with van der Waals surface area (Å²) in [6.07, 6.45) is 4.58. The van der Waals surface area contributed by atoms with Crippen molar-refractivity contribution in [2.45, 2.75) is 25.3 Å². The molecule has 1 aliphatic rings. The lowest BCUT2D eigenvalue weighted by Crippen LogP contribution is -2.44. The van der Waals surface area contributed by atoms with E-state index < -0.39 is 24.0 Å². The molecular formula is C28H24N2O5. The Morgan fingerprint density at radius 2 is 1.66 bits per heavy atom. The molecular weight excluding hydrogens is 444 g/mol. The third-order valence-corrected chi connectivity index (χ3v) is 6.02. The summed E-state index contributed by atoms with van der Waals surface area (Å²) < 4.78 is 5.51. The largest absolute Gasteiger partial charge is 0.478 e. The third kappa shape index (κ3) is 5.02. The molecule has 0 aliphatic heterocycles. The van der Waals surface area contributed by atoms with Gasteiger partial charge in [0.1, 0.15) is 12.6 Å². The van der Waals surface area contributed by atoms with Crippen LogP contribution in [0.25, 0.3) is 11.1 Å². The molecule has 4 rings (SSSR count). The number of terminal acetylenes is 1. The zero-order valence-electron chi connectivity index (χ0n) is 19.1. The second-order valence-electron chi connectivity index (χ2n) is 8.25. The summed E-state index contributed by atoms with van der Waals surface area (Å²) in [5.41, 5.74) is 5.40. The Bertz CT molecular complexity index is 1300. The fourth-order valence-corrected chi connectivity index (χ4v) is 4.22. The zero-order valence-corrected chi connectivity index (χ0v) is 19.1. The van der Waals surface area contributed by atoms with E-state index in [1.54, 1.807) is 13.0 Å². The van der Waals surface area contributed by atoms with E-state index in [2.05, 4.69) is 16.6 Å². The van der Waals surface area contributed by atoms with E-state index in [0.29, 0.717) is 11.3 Å². The van der Waals surface area contributed by atoms with Crippen molar-refractivity contribution in [2.75, 3.05) is 11.9 Å². The van der Waals surface area contributed by atoms with Crippen LogP contribution in [0.15, 0.2) is 66.7 Å². The first kappa shape index (κ1) is 23.6. The summed E-state index contributed by atoms with van der Waals surface area (Å²) in [5, 5.41) is 14.4. The molecule has 0 fully saturated rings. The van der Waals surface area contributed by atoms with Crippen molar-refractivity contribution >= 4 is 23.7 Å². The summed E-state index contributed by atoms with van der Waals surface area (Å²) in [4.78, 5) is 36.7. The number of amides is 2. The topological polar surface area (TPSA) is 105 Å². The Morgan fingerprint density at radius 1 is 1.03 bits per heavy atom. The lowest BCUT2D eigenvalue weighted by atomic mass is 9.98. The summed E-state index contributed by atoms with van der Waals surface area (Å²) >= 11 is 0. The fraction of sp³-hybridized carbons (Fsp3) is 0.179. The van der Waals surface area contributed by atoms with Crippen LogP contribution in [-0.2, 0) is 9.53 Å². The first-order valence-electron chi connectivity index (χ1n) is 11.1. The highest BCUT2D eigenvalue weighted by Gasteiger charge is 2.29. The molecule has 0 spiro atoms. The lowest BCUT2D eigenvalue weighted by Gasteiger charge is -2.19. The number of fused-ring (bicyclic) bond motifs is 3. The minimum Gasteiger partial charge on any atom is -0.478 e. The molecule has 0 radical (unpaired) electrons. The summed E-state index contributed by atoms with van der Waals surface area (Å²) in [6, 6.07) is 19.3. The molecule has 0 saturated carbocycles. The number of rotatable bonds is 7. The Labute approximate surface area is 203 Å². The first-order valence-corrected chi connectivity index (χ1v) is 11.1. The Hall–Kier alpha value is -4.57. The highest BCUT2D eigenvalue weighted by atomic mass is 16.5. The van der Waals surface area contributed by atoms with E-state index in [1.165, 1.54) is 12.1 Å². The van der Waals surface area contributed by atoms with Crippen LogP contribution in [0.1, 0.15) is 39.4 Å². The van der Waals surface area contributed by atoms with Crippen LogP contribution < -0.4 is 10.6 Å². The average Bonchev–Trinajstić information content (AvgIpc) is 3.17. The van der Waals surface area contributed by atoms with Crippen LogP contribution in [0.2, 0.25) is 0 Å². The molecule has 3 aromatic rings. The number of aromatic carboxylic acids is 1. The van der Waals surface area contributed by atoms with Crippen molar-refractivity contribution in [3.8, 4) is 23.5 Å². The highest BCUT2D eigenvalue weighted by Crippen LogP contribution is 2.44. The number of hydrogen-bond donors (Lipinski definition) is 3. The van der Waals surface area contributed by atoms with Crippen LogP contribution in [-0.4, -0.2) is 35.7 Å². The SMILES string of the molecule is C#CCC(NC(=O)OCC1c2ccccc2-c2ccccc21)C(=O)Nc1cc(C(=O)O)ccc1C. The van der Waals surface area contributed by atoms with E-state index in [1.807, 2.05) is 48.5 Å². The number of carbonyl (C=O) groups excluding carboxylic acids is 2. The number of aryl methyl sites for hydroxylation is 1. The molecule has 35 heavy (non-hydrogen) atoms. The average molecular weight is 469 g/mol. The van der Waals surface area contributed by atoms with Crippen LogP contribution in [0.3, 0.4) is 0 Å². The molecule has 3 aromatic carbocycles. The quantitative estimate of drug-likeness (QED) is 0.441. The molecule has 0 saturated heterocycles. The van der Waals surface area contributed by atoms with Crippen molar-refractivity contribution in [1.82, 2.24) is 5.32 Å². The molecule has 176 valence electrons. The van der Waals surface area contributed by atoms with Gasteiger partial charge >= 0.3 is 12.1 Å². The first-order chi connectivity index (χ1) is 16.9. The molecule has 0 bridgehead atoms. The number of carbonyl (C=O) groups is 3. The maximum Gasteiger partial charge on any atom is 0.407 e. The van der Waals surface area contributed by atoms with Crippen LogP contribution in [0.5, 0.6) is 0 Å². The van der Waals surface area contributed by atoms with Crippen molar-refractivity contribution < 1.29 is 24.2 Å². The molecule has 7 nitrogen and oxygen atoms in total. The van der Waals surface area contributed by atoms with Gasteiger partial charge in [0.2, 0.25) is 5.91 Å². The van der Waals surface area contributed by atoms with Gasteiger partial charge in [-0.2, -0.15) is 0 Å². The van der Waals surface area contributed by atoms with Crippen LogP contribution >= 0.6 is 0 Å². The zero-order chi connectivity index (χ0) is 24.9. The number of benzene rings is 3. The number of nitrogens with one attached hydrogen (secondary N) is 2. The predicted octanol–water partition coefficient (Wildman–Crippen LogP) is 4.56. The molecule has 1 unspecified atom stereocenters. The van der Waals surface area contributed by atoms with E-state index >= 15 is 0 Å².